The molecule has 4 aromatic rings. The Kier molecular flexibility index (Phi) is 4.90. The Balaban J connectivity index is 1.39. The van der Waals surface area contributed by atoms with Crippen molar-refractivity contribution in [1.29, 1.82) is 0 Å². The molecule has 0 fully saturated rings. The average Bonchev–Trinajstić information content (AvgIpc) is 3.13. The largest absolute Gasteiger partial charge is 0.457 e. The van der Waals surface area contributed by atoms with Crippen molar-refractivity contribution in [3.8, 4) is 11.5 Å². The van der Waals surface area contributed by atoms with Crippen molar-refractivity contribution in [2.45, 2.75) is 20.4 Å². The zero-order valence-corrected chi connectivity index (χ0v) is 15.9. The van der Waals surface area contributed by atoms with E-state index in [1.54, 1.807) is 28.8 Å². The highest BCUT2D eigenvalue weighted by atomic mass is 19.1. The van der Waals surface area contributed by atoms with Gasteiger partial charge in [-0.05, 0) is 61.9 Å². The van der Waals surface area contributed by atoms with Crippen molar-refractivity contribution in [3.05, 3.63) is 83.2 Å². The minimum absolute atomic E-state index is 0.0717. The predicted molar refractivity (Wildman–Crippen MR) is 104 cm³/mol. The molecule has 2 heterocycles. The molecule has 0 aliphatic carbocycles. The van der Waals surface area contributed by atoms with Gasteiger partial charge in [-0.25, -0.2) is 13.9 Å². The molecule has 0 bridgehead atoms. The van der Waals surface area contributed by atoms with Crippen LogP contribution in [0.4, 0.5) is 4.39 Å². The first-order valence-electron chi connectivity index (χ1n) is 8.99. The molecule has 0 aliphatic heterocycles. The van der Waals surface area contributed by atoms with Crippen LogP contribution in [0.2, 0.25) is 0 Å². The summed E-state index contributed by atoms with van der Waals surface area (Å²) in [5.41, 5.74) is 2.56. The molecule has 0 unspecified atom stereocenters. The number of amides is 1. The third-order valence-corrected chi connectivity index (χ3v) is 4.25. The number of hydrogen-bond acceptors (Lipinski definition) is 5. The standard InChI is InChI=1S/C21H18FN5O2/c1-13-11-14(2)27-21(24-13)25-19(26-27)20(28)23-12-15-3-7-17(8-4-15)29-18-9-5-16(22)6-10-18/h3-11H,12H2,1-2H3,(H,23,28). The normalized spacial score (nSPS) is 10.9. The Hall–Kier alpha value is -3.81. The Morgan fingerprint density at radius 3 is 2.38 bits per heavy atom. The van der Waals surface area contributed by atoms with Crippen LogP contribution in [-0.4, -0.2) is 25.5 Å². The van der Waals surface area contributed by atoms with Gasteiger partial charge in [0, 0.05) is 17.9 Å². The lowest BCUT2D eigenvalue weighted by Crippen LogP contribution is -2.24. The average molecular weight is 391 g/mol. The number of ether oxygens (including phenoxy) is 1. The third kappa shape index (κ3) is 4.21. The van der Waals surface area contributed by atoms with Gasteiger partial charge in [0.1, 0.15) is 17.3 Å². The molecule has 0 radical (unpaired) electrons. The van der Waals surface area contributed by atoms with E-state index in [9.17, 15) is 9.18 Å². The Morgan fingerprint density at radius 1 is 1.03 bits per heavy atom. The highest BCUT2D eigenvalue weighted by Gasteiger charge is 2.14. The van der Waals surface area contributed by atoms with E-state index in [1.165, 1.54) is 12.1 Å². The fourth-order valence-corrected chi connectivity index (χ4v) is 2.84. The summed E-state index contributed by atoms with van der Waals surface area (Å²) in [6.07, 6.45) is 0. The second-order valence-corrected chi connectivity index (χ2v) is 6.57. The molecule has 2 aromatic heterocycles. The number of carbonyl (C=O) groups is 1. The lowest BCUT2D eigenvalue weighted by Gasteiger charge is -2.07. The molecule has 0 saturated heterocycles. The molecule has 146 valence electrons. The number of aromatic nitrogens is 4. The van der Waals surface area contributed by atoms with E-state index in [2.05, 4.69) is 20.4 Å². The van der Waals surface area contributed by atoms with Gasteiger partial charge in [0.15, 0.2) is 0 Å². The van der Waals surface area contributed by atoms with Crippen LogP contribution in [0, 0.1) is 19.7 Å². The number of benzene rings is 2. The molecule has 1 N–H and O–H groups in total. The van der Waals surface area contributed by atoms with E-state index in [-0.39, 0.29) is 17.5 Å². The zero-order chi connectivity index (χ0) is 20.4. The van der Waals surface area contributed by atoms with Crippen LogP contribution in [0.1, 0.15) is 27.6 Å². The van der Waals surface area contributed by atoms with Gasteiger partial charge in [0.2, 0.25) is 5.82 Å². The van der Waals surface area contributed by atoms with E-state index in [1.807, 2.05) is 32.0 Å². The molecule has 29 heavy (non-hydrogen) atoms. The monoisotopic (exact) mass is 391 g/mol. The van der Waals surface area contributed by atoms with Crippen LogP contribution in [-0.2, 0) is 6.54 Å². The number of nitrogens with one attached hydrogen (secondary N) is 1. The summed E-state index contributed by atoms with van der Waals surface area (Å²) in [6.45, 7) is 4.06. The summed E-state index contributed by atoms with van der Waals surface area (Å²) >= 11 is 0. The number of hydrogen-bond donors (Lipinski definition) is 1. The van der Waals surface area contributed by atoms with Crippen molar-refractivity contribution in [1.82, 2.24) is 24.9 Å². The highest BCUT2D eigenvalue weighted by molar-refractivity contribution is 5.90. The summed E-state index contributed by atoms with van der Waals surface area (Å²) in [5.74, 6) is 0.941. The topological polar surface area (TPSA) is 81.4 Å². The summed E-state index contributed by atoms with van der Waals surface area (Å²) < 4.78 is 20.1. The Bertz CT molecular complexity index is 1170. The highest BCUT2D eigenvalue weighted by Crippen LogP contribution is 2.21. The van der Waals surface area contributed by atoms with Gasteiger partial charge in [-0.1, -0.05) is 12.1 Å². The molecular formula is C21H18FN5O2. The van der Waals surface area contributed by atoms with Crippen LogP contribution in [0.15, 0.2) is 54.6 Å². The maximum Gasteiger partial charge on any atom is 0.291 e. The molecule has 0 aliphatic rings. The van der Waals surface area contributed by atoms with Crippen LogP contribution < -0.4 is 10.1 Å². The molecule has 8 heteroatoms. The van der Waals surface area contributed by atoms with Crippen LogP contribution in [0.5, 0.6) is 11.5 Å². The summed E-state index contributed by atoms with van der Waals surface area (Å²) in [7, 11) is 0. The van der Waals surface area contributed by atoms with E-state index >= 15 is 0 Å². The van der Waals surface area contributed by atoms with E-state index in [0.29, 0.717) is 23.8 Å². The number of rotatable bonds is 5. The number of aryl methyl sites for hydroxylation is 2. The van der Waals surface area contributed by atoms with E-state index in [4.69, 9.17) is 4.74 Å². The Labute approximate surface area is 166 Å². The van der Waals surface area contributed by atoms with Crippen molar-refractivity contribution in [3.63, 3.8) is 0 Å². The zero-order valence-electron chi connectivity index (χ0n) is 15.9. The van der Waals surface area contributed by atoms with Crippen molar-refractivity contribution >= 4 is 11.7 Å². The molecular weight excluding hydrogens is 373 g/mol. The Morgan fingerprint density at radius 2 is 1.69 bits per heavy atom. The van der Waals surface area contributed by atoms with Gasteiger partial charge in [-0.15, -0.1) is 5.10 Å². The van der Waals surface area contributed by atoms with Crippen molar-refractivity contribution in [2.24, 2.45) is 0 Å². The van der Waals surface area contributed by atoms with Gasteiger partial charge in [-0.3, -0.25) is 4.79 Å². The quantitative estimate of drug-likeness (QED) is 0.562. The van der Waals surface area contributed by atoms with Crippen molar-refractivity contribution in [2.75, 3.05) is 0 Å². The lowest BCUT2D eigenvalue weighted by molar-refractivity contribution is 0.0940. The predicted octanol–water partition coefficient (Wildman–Crippen LogP) is 3.60. The summed E-state index contributed by atoms with van der Waals surface area (Å²) in [4.78, 5) is 20.9. The molecule has 0 spiro atoms. The van der Waals surface area contributed by atoms with Gasteiger partial charge in [0.25, 0.3) is 11.7 Å². The molecule has 7 nitrogen and oxygen atoms in total. The minimum atomic E-state index is -0.376. The van der Waals surface area contributed by atoms with Crippen LogP contribution >= 0.6 is 0 Å². The van der Waals surface area contributed by atoms with Gasteiger partial charge in [0.05, 0.1) is 0 Å². The van der Waals surface area contributed by atoms with Gasteiger partial charge in [-0.2, -0.15) is 4.98 Å². The number of halogens is 1. The first kappa shape index (κ1) is 18.5. The number of fused-ring (bicyclic) bond motifs is 1. The summed E-state index contributed by atoms with van der Waals surface area (Å²) in [6, 6.07) is 14.9. The third-order valence-electron chi connectivity index (χ3n) is 4.25. The fourth-order valence-electron chi connectivity index (χ4n) is 2.84. The molecule has 0 atom stereocenters. The minimum Gasteiger partial charge on any atom is -0.457 e. The van der Waals surface area contributed by atoms with E-state index < -0.39 is 0 Å². The maximum atomic E-state index is 12.9. The second kappa shape index (κ2) is 7.67. The first-order chi connectivity index (χ1) is 14.0. The SMILES string of the molecule is Cc1cc(C)n2nc(C(=O)NCc3ccc(Oc4ccc(F)cc4)cc3)nc2n1. The van der Waals surface area contributed by atoms with Gasteiger partial charge < -0.3 is 10.1 Å². The smallest absolute Gasteiger partial charge is 0.291 e. The molecule has 2 aromatic carbocycles. The second-order valence-electron chi connectivity index (χ2n) is 6.57. The van der Waals surface area contributed by atoms with E-state index in [0.717, 1.165) is 17.0 Å². The van der Waals surface area contributed by atoms with Crippen molar-refractivity contribution < 1.29 is 13.9 Å². The summed E-state index contributed by atoms with van der Waals surface area (Å²) in [5, 5.41) is 7.02. The fraction of sp³-hybridized carbons (Fsp3) is 0.143. The molecule has 1 amide bonds. The van der Waals surface area contributed by atoms with Crippen LogP contribution in [0.3, 0.4) is 0 Å². The first-order valence-corrected chi connectivity index (χ1v) is 8.99. The van der Waals surface area contributed by atoms with Crippen LogP contribution in [0.25, 0.3) is 5.78 Å². The lowest BCUT2D eigenvalue weighted by atomic mass is 10.2. The number of nitrogens with zero attached hydrogens (tertiary/aromatic N) is 4. The van der Waals surface area contributed by atoms with Gasteiger partial charge >= 0.3 is 0 Å². The molecule has 0 saturated carbocycles. The maximum absolute atomic E-state index is 12.9. The molecule has 4 rings (SSSR count). The number of carbonyl (C=O) groups excluding carboxylic acids is 1.